The van der Waals surface area contributed by atoms with Crippen molar-refractivity contribution < 1.29 is 14.1 Å². The van der Waals surface area contributed by atoms with E-state index in [1.807, 2.05) is 0 Å². The van der Waals surface area contributed by atoms with Crippen LogP contribution in [0, 0.1) is 10.1 Å². The zero-order valence-electron chi connectivity index (χ0n) is 12.8. The fourth-order valence-corrected chi connectivity index (χ4v) is 2.06. The normalized spacial score (nSPS) is 11.0. The van der Waals surface area contributed by atoms with Crippen molar-refractivity contribution in [2.24, 2.45) is 0 Å². The Morgan fingerprint density at radius 1 is 1.19 bits per heavy atom. The molecule has 1 rings (SSSR count). The topological polar surface area (TPSA) is 76.6 Å². The van der Waals surface area contributed by atoms with Gasteiger partial charge in [-0.3, -0.25) is 14.9 Å². The van der Waals surface area contributed by atoms with Crippen molar-refractivity contribution in [2.45, 2.75) is 46.0 Å². The Bertz CT molecular complexity index is 448. The van der Waals surface area contributed by atoms with Gasteiger partial charge in [0.15, 0.2) is 11.5 Å². The summed E-state index contributed by atoms with van der Waals surface area (Å²) < 4.78 is 4.93. The van der Waals surface area contributed by atoms with Crippen molar-refractivity contribution >= 4 is 11.7 Å². The minimum atomic E-state index is -0.633. The molecule has 0 aliphatic rings. The van der Waals surface area contributed by atoms with E-state index in [4.69, 9.17) is 4.42 Å². The molecule has 0 unspecified atom stereocenters. The average molecular weight is 296 g/mol. The van der Waals surface area contributed by atoms with Gasteiger partial charge in [-0.05, 0) is 32.0 Å². The molecule has 0 bridgehead atoms. The van der Waals surface area contributed by atoms with E-state index in [2.05, 4.69) is 18.7 Å². The van der Waals surface area contributed by atoms with Crippen LogP contribution in [0.25, 0.3) is 0 Å². The molecule has 0 saturated carbocycles. The summed E-state index contributed by atoms with van der Waals surface area (Å²) in [5, 5.41) is 10.5. The minimum absolute atomic E-state index is 0.0765. The van der Waals surface area contributed by atoms with Crippen LogP contribution < -0.4 is 0 Å². The number of unbranched alkanes of at least 4 members (excludes halogenated alkanes) is 2. The molecule has 6 nitrogen and oxygen atoms in total. The Hall–Kier alpha value is -1.69. The van der Waals surface area contributed by atoms with Crippen LogP contribution in [0.15, 0.2) is 16.5 Å². The van der Waals surface area contributed by atoms with Gasteiger partial charge in [0.25, 0.3) is 0 Å². The molecule has 0 N–H and O–H groups in total. The predicted octanol–water partition coefficient (Wildman–Crippen LogP) is 3.66. The molecule has 0 spiro atoms. The lowest BCUT2D eigenvalue weighted by molar-refractivity contribution is -0.402. The Morgan fingerprint density at radius 3 is 2.29 bits per heavy atom. The van der Waals surface area contributed by atoms with Crippen molar-refractivity contribution in [3.8, 4) is 0 Å². The van der Waals surface area contributed by atoms with Crippen molar-refractivity contribution in [3.63, 3.8) is 0 Å². The van der Waals surface area contributed by atoms with Gasteiger partial charge in [-0.2, -0.15) is 0 Å². The van der Waals surface area contributed by atoms with Crippen LogP contribution in [0.5, 0.6) is 0 Å². The number of rotatable bonds is 11. The number of carbonyl (C=O) groups is 1. The highest BCUT2D eigenvalue weighted by Gasteiger charge is 2.17. The highest BCUT2D eigenvalue weighted by molar-refractivity contribution is 5.93. The van der Waals surface area contributed by atoms with Gasteiger partial charge < -0.3 is 9.32 Å². The quantitative estimate of drug-likeness (QED) is 0.354. The van der Waals surface area contributed by atoms with Crippen molar-refractivity contribution in [1.29, 1.82) is 0 Å². The zero-order valence-corrected chi connectivity index (χ0v) is 12.8. The third kappa shape index (κ3) is 6.08. The third-order valence-corrected chi connectivity index (χ3v) is 3.36. The molecule has 0 amide bonds. The fourth-order valence-electron chi connectivity index (χ4n) is 2.06. The molecule has 0 saturated heterocycles. The van der Waals surface area contributed by atoms with Gasteiger partial charge in [0.1, 0.15) is 4.92 Å². The largest absolute Gasteiger partial charge is 0.433 e. The van der Waals surface area contributed by atoms with Gasteiger partial charge in [-0.15, -0.1) is 0 Å². The molecule has 0 atom stereocenters. The number of furan rings is 1. The number of hydrogen-bond donors (Lipinski definition) is 0. The summed E-state index contributed by atoms with van der Waals surface area (Å²) in [5.41, 5.74) is 0. The second kappa shape index (κ2) is 9.28. The van der Waals surface area contributed by atoms with Crippen LogP contribution in [0.1, 0.15) is 56.5 Å². The predicted molar refractivity (Wildman–Crippen MR) is 80.6 cm³/mol. The fraction of sp³-hybridized carbons (Fsp3) is 0.667. The van der Waals surface area contributed by atoms with E-state index in [0.29, 0.717) is 13.0 Å². The number of Topliss-reactive ketones (excluding diaryl/α,β-unsaturated/α-hetero) is 1. The molecule has 0 fully saturated rings. The van der Waals surface area contributed by atoms with Gasteiger partial charge in [-0.1, -0.05) is 26.7 Å². The Balaban J connectivity index is 2.48. The Labute approximate surface area is 125 Å². The van der Waals surface area contributed by atoms with Crippen LogP contribution >= 0.6 is 0 Å². The first kappa shape index (κ1) is 17.4. The second-order valence-electron chi connectivity index (χ2n) is 5.12. The van der Waals surface area contributed by atoms with Crippen LogP contribution in [-0.4, -0.2) is 35.2 Å². The summed E-state index contributed by atoms with van der Waals surface area (Å²) in [6, 6.07) is 2.60. The standard InChI is InChI=1S/C15H24N2O4/c1-3-5-10-16(11-6-4-2)12-9-13(18)14-7-8-15(21-14)17(19)20/h7-8H,3-6,9-12H2,1-2H3. The number of nitrogens with zero attached hydrogens (tertiary/aromatic N) is 2. The van der Waals surface area contributed by atoms with Gasteiger partial charge in [-0.25, -0.2) is 0 Å². The van der Waals surface area contributed by atoms with Gasteiger partial charge in [0.2, 0.25) is 0 Å². The second-order valence-corrected chi connectivity index (χ2v) is 5.12. The summed E-state index contributed by atoms with van der Waals surface area (Å²) in [6.45, 7) is 6.94. The minimum Gasteiger partial charge on any atom is -0.397 e. The summed E-state index contributed by atoms with van der Waals surface area (Å²) in [7, 11) is 0. The van der Waals surface area contributed by atoms with Crippen molar-refractivity contribution in [3.05, 3.63) is 28.0 Å². The highest BCUT2D eigenvalue weighted by atomic mass is 16.6. The van der Waals surface area contributed by atoms with E-state index >= 15 is 0 Å². The molecule has 1 aromatic rings. The molecular formula is C15H24N2O4. The summed E-state index contributed by atoms with van der Waals surface area (Å²) in [5.74, 6) is -0.485. The van der Waals surface area contributed by atoms with Crippen LogP contribution in [0.4, 0.5) is 5.88 Å². The smallest absolute Gasteiger partial charge is 0.397 e. The zero-order chi connectivity index (χ0) is 15.7. The van der Waals surface area contributed by atoms with Gasteiger partial charge >= 0.3 is 5.88 Å². The molecule has 1 heterocycles. The number of carbonyl (C=O) groups excluding carboxylic acids is 1. The lowest BCUT2D eigenvalue weighted by Crippen LogP contribution is -2.28. The SMILES string of the molecule is CCCCN(CCCC)CCC(=O)c1ccc([N+](=O)[O-])o1. The monoisotopic (exact) mass is 296 g/mol. The highest BCUT2D eigenvalue weighted by Crippen LogP contribution is 2.17. The van der Waals surface area contributed by atoms with Crippen molar-refractivity contribution in [1.82, 2.24) is 4.90 Å². The molecule has 0 aromatic carbocycles. The maximum Gasteiger partial charge on any atom is 0.433 e. The molecule has 21 heavy (non-hydrogen) atoms. The van der Waals surface area contributed by atoms with Gasteiger partial charge in [0.05, 0.1) is 6.07 Å². The van der Waals surface area contributed by atoms with E-state index in [0.717, 1.165) is 38.8 Å². The number of nitro groups is 1. The van der Waals surface area contributed by atoms with E-state index in [9.17, 15) is 14.9 Å². The van der Waals surface area contributed by atoms with E-state index < -0.39 is 4.92 Å². The summed E-state index contributed by atoms with van der Waals surface area (Å²) in [6.07, 6.45) is 4.81. The molecular weight excluding hydrogens is 272 g/mol. The van der Waals surface area contributed by atoms with E-state index in [1.54, 1.807) is 0 Å². The maximum atomic E-state index is 12.0. The molecule has 0 aliphatic heterocycles. The molecule has 0 radical (unpaired) electrons. The lowest BCUT2D eigenvalue weighted by Gasteiger charge is -2.21. The van der Waals surface area contributed by atoms with Crippen molar-refractivity contribution in [2.75, 3.05) is 19.6 Å². The Kier molecular flexibility index (Phi) is 7.68. The van der Waals surface area contributed by atoms with E-state index in [-0.39, 0.29) is 17.4 Å². The summed E-state index contributed by atoms with van der Waals surface area (Å²) in [4.78, 5) is 24.2. The average Bonchev–Trinajstić information content (AvgIpc) is 2.96. The molecule has 1 aromatic heterocycles. The first-order valence-corrected chi connectivity index (χ1v) is 7.58. The molecule has 0 aliphatic carbocycles. The third-order valence-electron chi connectivity index (χ3n) is 3.36. The van der Waals surface area contributed by atoms with Gasteiger partial charge in [0, 0.05) is 13.0 Å². The summed E-state index contributed by atoms with van der Waals surface area (Å²) >= 11 is 0. The van der Waals surface area contributed by atoms with Crippen LogP contribution in [-0.2, 0) is 0 Å². The van der Waals surface area contributed by atoms with Crippen LogP contribution in [0.2, 0.25) is 0 Å². The molecule has 6 heteroatoms. The first-order valence-electron chi connectivity index (χ1n) is 7.58. The van der Waals surface area contributed by atoms with E-state index in [1.165, 1.54) is 12.1 Å². The van der Waals surface area contributed by atoms with Crippen LogP contribution in [0.3, 0.4) is 0 Å². The molecule has 118 valence electrons. The number of hydrogen-bond acceptors (Lipinski definition) is 5. The Morgan fingerprint density at radius 2 is 1.81 bits per heavy atom. The number of ketones is 1. The lowest BCUT2D eigenvalue weighted by atomic mass is 10.2. The first-order chi connectivity index (χ1) is 10.1. The maximum absolute atomic E-state index is 12.0.